The number of benzene rings is 1. The summed E-state index contributed by atoms with van der Waals surface area (Å²) in [6.45, 7) is 7.49. The lowest BCUT2D eigenvalue weighted by Gasteiger charge is -2.27. The lowest BCUT2D eigenvalue weighted by atomic mass is 9.89. The zero-order chi connectivity index (χ0) is 17.5. The van der Waals surface area contributed by atoms with Crippen LogP contribution in [-0.4, -0.2) is 24.1 Å². The molecule has 0 saturated heterocycles. The summed E-state index contributed by atoms with van der Waals surface area (Å²) in [5, 5.41) is 0. The molecule has 0 bridgehead atoms. The van der Waals surface area contributed by atoms with Crippen molar-refractivity contribution < 1.29 is 19.1 Å². The molecule has 0 saturated carbocycles. The fraction of sp³-hybridized carbons (Fsp3) is 0.556. The topological polar surface area (TPSA) is 78.6 Å². The Labute approximate surface area is 138 Å². The van der Waals surface area contributed by atoms with Crippen LogP contribution in [-0.2, 0) is 19.1 Å². The van der Waals surface area contributed by atoms with E-state index < -0.39 is 23.5 Å². The van der Waals surface area contributed by atoms with Gasteiger partial charge in [-0.25, -0.2) is 0 Å². The Hall–Kier alpha value is -1.88. The van der Waals surface area contributed by atoms with Gasteiger partial charge in [0.25, 0.3) is 0 Å². The molecule has 2 unspecified atom stereocenters. The number of hydrogen-bond acceptors (Lipinski definition) is 5. The summed E-state index contributed by atoms with van der Waals surface area (Å²) in [6, 6.07) is 8.83. The molecule has 0 fully saturated rings. The fourth-order valence-corrected chi connectivity index (χ4v) is 2.24. The molecule has 2 atom stereocenters. The van der Waals surface area contributed by atoms with Crippen molar-refractivity contribution in [2.75, 3.05) is 6.61 Å². The zero-order valence-corrected chi connectivity index (χ0v) is 14.4. The number of ether oxygens (including phenoxy) is 2. The van der Waals surface area contributed by atoms with Crippen molar-refractivity contribution in [2.45, 2.75) is 52.2 Å². The van der Waals surface area contributed by atoms with Crippen LogP contribution in [0.15, 0.2) is 30.3 Å². The molecule has 0 aliphatic rings. The van der Waals surface area contributed by atoms with E-state index in [4.69, 9.17) is 15.2 Å². The van der Waals surface area contributed by atoms with Gasteiger partial charge in [-0.1, -0.05) is 30.3 Å². The molecule has 0 aliphatic carbocycles. The van der Waals surface area contributed by atoms with Gasteiger partial charge in [-0.2, -0.15) is 0 Å². The Morgan fingerprint density at radius 3 is 2.30 bits per heavy atom. The van der Waals surface area contributed by atoms with Crippen molar-refractivity contribution in [3.8, 4) is 0 Å². The van der Waals surface area contributed by atoms with E-state index in [9.17, 15) is 9.59 Å². The third-order valence-corrected chi connectivity index (χ3v) is 3.29. The molecule has 0 amide bonds. The Kier molecular flexibility index (Phi) is 7.23. The lowest BCUT2D eigenvalue weighted by Crippen LogP contribution is -2.35. The monoisotopic (exact) mass is 321 g/mol. The first-order chi connectivity index (χ1) is 10.7. The first kappa shape index (κ1) is 19.2. The van der Waals surface area contributed by atoms with Crippen LogP contribution in [0.3, 0.4) is 0 Å². The van der Waals surface area contributed by atoms with E-state index >= 15 is 0 Å². The minimum Gasteiger partial charge on any atom is -0.466 e. The normalized spacial score (nSPS) is 14.0. The van der Waals surface area contributed by atoms with E-state index in [2.05, 4.69) is 0 Å². The van der Waals surface area contributed by atoms with Gasteiger partial charge in [0, 0.05) is 12.5 Å². The van der Waals surface area contributed by atoms with Crippen molar-refractivity contribution in [2.24, 2.45) is 11.7 Å². The molecule has 23 heavy (non-hydrogen) atoms. The standard InChI is InChI=1S/C18H27NO4/c1-5-22-15(20)12-11-14(17(21)23-18(2,3)4)16(19)13-9-7-6-8-10-13/h6-10,14,16H,5,11-12,19H2,1-4H3. The summed E-state index contributed by atoms with van der Waals surface area (Å²) >= 11 is 0. The molecule has 1 aromatic rings. The van der Waals surface area contributed by atoms with Gasteiger partial charge in [-0.05, 0) is 39.7 Å². The van der Waals surface area contributed by atoms with Crippen LogP contribution >= 0.6 is 0 Å². The molecule has 0 aromatic heterocycles. The van der Waals surface area contributed by atoms with E-state index in [0.29, 0.717) is 13.0 Å². The zero-order valence-electron chi connectivity index (χ0n) is 14.4. The summed E-state index contributed by atoms with van der Waals surface area (Å²) < 4.78 is 10.4. The SMILES string of the molecule is CCOC(=O)CCC(C(=O)OC(C)(C)C)C(N)c1ccccc1. The van der Waals surface area contributed by atoms with Gasteiger partial charge < -0.3 is 15.2 Å². The van der Waals surface area contributed by atoms with Gasteiger partial charge in [0.2, 0.25) is 0 Å². The number of carbonyl (C=O) groups is 2. The van der Waals surface area contributed by atoms with Crippen molar-refractivity contribution in [1.82, 2.24) is 0 Å². The van der Waals surface area contributed by atoms with Gasteiger partial charge >= 0.3 is 11.9 Å². The fourth-order valence-electron chi connectivity index (χ4n) is 2.24. The number of carbonyl (C=O) groups excluding carboxylic acids is 2. The highest BCUT2D eigenvalue weighted by Gasteiger charge is 2.31. The quantitative estimate of drug-likeness (QED) is 0.781. The van der Waals surface area contributed by atoms with Crippen molar-refractivity contribution >= 4 is 11.9 Å². The third-order valence-electron chi connectivity index (χ3n) is 3.29. The van der Waals surface area contributed by atoms with Gasteiger partial charge in [0.15, 0.2) is 0 Å². The molecule has 5 nitrogen and oxygen atoms in total. The Morgan fingerprint density at radius 1 is 1.17 bits per heavy atom. The van der Waals surface area contributed by atoms with Crippen LogP contribution in [0, 0.1) is 5.92 Å². The second-order valence-corrected chi connectivity index (χ2v) is 6.42. The minimum atomic E-state index is -0.602. The average Bonchev–Trinajstić information content (AvgIpc) is 2.46. The maximum atomic E-state index is 12.5. The van der Waals surface area contributed by atoms with Crippen LogP contribution < -0.4 is 5.73 Å². The molecular weight excluding hydrogens is 294 g/mol. The van der Waals surface area contributed by atoms with E-state index in [1.807, 2.05) is 30.3 Å². The van der Waals surface area contributed by atoms with Crippen LogP contribution in [0.25, 0.3) is 0 Å². The maximum Gasteiger partial charge on any atom is 0.311 e. The molecule has 1 aromatic carbocycles. The average molecular weight is 321 g/mol. The number of rotatable bonds is 7. The van der Waals surface area contributed by atoms with Gasteiger partial charge in [-0.15, -0.1) is 0 Å². The molecule has 5 heteroatoms. The first-order valence-electron chi connectivity index (χ1n) is 7.93. The highest BCUT2D eigenvalue weighted by molar-refractivity contribution is 5.76. The molecule has 0 spiro atoms. The summed E-state index contributed by atoms with van der Waals surface area (Å²) in [5.41, 5.74) is 6.50. The van der Waals surface area contributed by atoms with Gasteiger partial charge in [0.1, 0.15) is 5.60 Å². The van der Waals surface area contributed by atoms with Crippen LogP contribution in [0.2, 0.25) is 0 Å². The molecule has 0 aliphatic heterocycles. The smallest absolute Gasteiger partial charge is 0.311 e. The predicted octanol–water partition coefficient (Wildman–Crippen LogP) is 2.99. The second kappa shape index (κ2) is 8.67. The van der Waals surface area contributed by atoms with Crippen molar-refractivity contribution in [1.29, 1.82) is 0 Å². The van der Waals surface area contributed by atoms with Gasteiger partial charge in [-0.3, -0.25) is 9.59 Å². The Morgan fingerprint density at radius 2 is 1.78 bits per heavy atom. The minimum absolute atomic E-state index is 0.137. The molecule has 2 N–H and O–H groups in total. The van der Waals surface area contributed by atoms with E-state index in [1.54, 1.807) is 27.7 Å². The van der Waals surface area contributed by atoms with E-state index in [1.165, 1.54) is 0 Å². The molecule has 0 radical (unpaired) electrons. The number of nitrogens with two attached hydrogens (primary N) is 1. The Bertz CT molecular complexity index is 508. The Balaban J connectivity index is 2.87. The molecule has 1 rings (SSSR count). The summed E-state index contributed by atoms with van der Waals surface area (Å²) in [6.07, 6.45) is 0.433. The molecular formula is C18H27NO4. The highest BCUT2D eigenvalue weighted by Crippen LogP contribution is 2.27. The lowest BCUT2D eigenvalue weighted by molar-refractivity contribution is -0.161. The second-order valence-electron chi connectivity index (χ2n) is 6.42. The van der Waals surface area contributed by atoms with Gasteiger partial charge in [0.05, 0.1) is 12.5 Å². The van der Waals surface area contributed by atoms with Crippen molar-refractivity contribution in [3.63, 3.8) is 0 Å². The van der Waals surface area contributed by atoms with E-state index in [-0.39, 0.29) is 12.4 Å². The van der Waals surface area contributed by atoms with E-state index in [0.717, 1.165) is 5.56 Å². The largest absolute Gasteiger partial charge is 0.466 e. The van der Waals surface area contributed by atoms with Crippen LogP contribution in [0.5, 0.6) is 0 Å². The number of esters is 2. The third kappa shape index (κ3) is 6.82. The summed E-state index contributed by atoms with van der Waals surface area (Å²) in [7, 11) is 0. The summed E-state index contributed by atoms with van der Waals surface area (Å²) in [5.74, 6) is -1.32. The maximum absolute atomic E-state index is 12.5. The highest BCUT2D eigenvalue weighted by atomic mass is 16.6. The molecule has 128 valence electrons. The van der Waals surface area contributed by atoms with Crippen LogP contribution in [0.4, 0.5) is 0 Å². The molecule has 0 heterocycles. The van der Waals surface area contributed by atoms with Crippen LogP contribution in [0.1, 0.15) is 52.1 Å². The van der Waals surface area contributed by atoms with Crippen molar-refractivity contribution in [3.05, 3.63) is 35.9 Å². The number of hydrogen-bond donors (Lipinski definition) is 1. The predicted molar refractivity (Wildman–Crippen MR) is 88.6 cm³/mol. The first-order valence-corrected chi connectivity index (χ1v) is 7.93. The summed E-state index contributed by atoms with van der Waals surface area (Å²) in [4.78, 5) is 24.1.